The van der Waals surface area contributed by atoms with Crippen molar-refractivity contribution >= 4 is 91.5 Å². The van der Waals surface area contributed by atoms with Crippen molar-refractivity contribution in [1.82, 2.24) is 18.7 Å². The van der Waals surface area contributed by atoms with Crippen LogP contribution in [0.3, 0.4) is 0 Å². The second kappa shape index (κ2) is 8.98. The molecule has 1 atom stereocenters. The predicted molar refractivity (Wildman–Crippen MR) is 179 cm³/mol. The van der Waals surface area contributed by atoms with Crippen LogP contribution in [-0.2, 0) is 0 Å². The molecule has 0 saturated carbocycles. The summed E-state index contributed by atoms with van der Waals surface area (Å²) in [7, 11) is 0. The molecule has 0 aliphatic rings. The molecule has 0 saturated heterocycles. The molecule has 9 aromatic rings. The van der Waals surface area contributed by atoms with Crippen LogP contribution in [0.1, 0.15) is 0 Å². The first-order chi connectivity index (χ1) is 20.7. The van der Waals surface area contributed by atoms with Gasteiger partial charge in [0.1, 0.15) is 0 Å². The molecule has 0 fully saturated rings. The molecule has 6 heteroatoms. The fourth-order valence-corrected chi connectivity index (χ4v) is 12.0. The van der Waals surface area contributed by atoms with Gasteiger partial charge in [-0.15, -0.1) is 0 Å². The summed E-state index contributed by atoms with van der Waals surface area (Å²) in [6.07, 6.45) is 3.80. The fourth-order valence-electron chi connectivity index (χ4n) is 6.62. The number of hydrogen-bond donors (Lipinski definition) is 0. The summed E-state index contributed by atoms with van der Waals surface area (Å²) in [5.74, 6) is 0. The van der Waals surface area contributed by atoms with Gasteiger partial charge in [-0.3, -0.25) is 0 Å². The van der Waals surface area contributed by atoms with Gasteiger partial charge in [-0.1, -0.05) is 0 Å². The zero-order chi connectivity index (χ0) is 27.8. The van der Waals surface area contributed by atoms with Crippen molar-refractivity contribution in [1.29, 1.82) is 0 Å². The monoisotopic (exact) mass is 622 g/mol. The summed E-state index contributed by atoms with van der Waals surface area (Å²) in [4.78, 5) is 9.69. The molecule has 42 heavy (non-hydrogen) atoms. The number of para-hydroxylation sites is 3. The van der Waals surface area contributed by atoms with E-state index in [1.807, 2.05) is 12.4 Å². The van der Waals surface area contributed by atoms with Crippen molar-refractivity contribution in [3.05, 3.63) is 140 Å². The topological polar surface area (TPSA) is 35.1 Å². The van der Waals surface area contributed by atoms with Gasteiger partial charge in [0.15, 0.2) is 0 Å². The molecule has 0 spiro atoms. The van der Waals surface area contributed by atoms with Crippen molar-refractivity contribution in [3.8, 4) is 0 Å². The summed E-state index contributed by atoms with van der Waals surface area (Å²) in [5.41, 5.74) is 4.38. The fraction of sp³-hybridized carbons (Fsp3) is 0. The van der Waals surface area contributed by atoms with E-state index in [2.05, 4.69) is 156 Å². The molecule has 9 rings (SSSR count). The average Bonchev–Trinajstić information content (AvgIpc) is 3.61. The van der Waals surface area contributed by atoms with E-state index in [0.29, 0.717) is 0 Å². The van der Waals surface area contributed by atoms with Crippen molar-refractivity contribution in [2.45, 2.75) is 0 Å². The first-order valence-electron chi connectivity index (χ1n) is 14.0. The number of aromatic nitrogens is 4. The van der Waals surface area contributed by atoms with Gasteiger partial charge in [0.25, 0.3) is 0 Å². The third-order valence-electron chi connectivity index (χ3n) is 8.44. The zero-order valence-corrected chi connectivity index (χ0v) is 25.0. The molecule has 0 amide bonds. The Morgan fingerprint density at radius 1 is 0.500 bits per heavy atom. The standard InChI is InChI=1S/C36H23N4PSe/c42-41(24-19-21-37-22-20-24,40-33-15-7-4-11-28(33)29-12-5-8-16-34(29)40)25-17-18-35-31(23-25)38-36-30-13-2-1-9-26(30)27-10-3-6-14-32(27)39(35)36/h1-23H. The van der Waals surface area contributed by atoms with Crippen LogP contribution in [0.15, 0.2) is 140 Å². The van der Waals surface area contributed by atoms with Crippen LogP contribution in [0, 0.1) is 0 Å². The molecular weight excluding hydrogens is 598 g/mol. The van der Waals surface area contributed by atoms with E-state index in [1.54, 1.807) is 0 Å². The number of imidazole rings is 1. The Hall–Kier alpha value is -4.53. The number of hydrogen-bond acceptors (Lipinski definition) is 2. The first kappa shape index (κ1) is 24.1. The van der Waals surface area contributed by atoms with Crippen molar-refractivity contribution in [3.63, 3.8) is 0 Å². The maximum atomic E-state index is 5.31. The predicted octanol–water partition coefficient (Wildman–Crippen LogP) is 7.81. The van der Waals surface area contributed by atoms with E-state index in [1.165, 1.54) is 48.7 Å². The Kier molecular flexibility index (Phi) is 5.16. The second-order valence-corrected chi connectivity index (χ2v) is 16.5. The summed E-state index contributed by atoms with van der Waals surface area (Å²) >= 11 is 3.78. The Labute approximate surface area is 249 Å². The summed E-state index contributed by atoms with van der Waals surface area (Å²) in [5, 5.41) is 8.59. The Balaban J connectivity index is 1.41. The van der Waals surface area contributed by atoms with Gasteiger partial charge in [-0.05, 0) is 0 Å². The van der Waals surface area contributed by atoms with Crippen LogP contribution in [0.5, 0.6) is 0 Å². The second-order valence-electron chi connectivity index (χ2n) is 10.6. The minimum absolute atomic E-state index is 0.987. The van der Waals surface area contributed by atoms with Gasteiger partial charge in [0, 0.05) is 0 Å². The number of rotatable bonds is 3. The quantitative estimate of drug-likeness (QED) is 0.115. The van der Waals surface area contributed by atoms with E-state index < -0.39 is 5.66 Å². The minimum atomic E-state index is -2.31. The third-order valence-corrected chi connectivity index (χ3v) is 15.1. The van der Waals surface area contributed by atoms with E-state index in [-0.39, 0.29) is 0 Å². The molecule has 4 aromatic heterocycles. The molecule has 0 aliphatic heterocycles. The Morgan fingerprint density at radius 2 is 1.05 bits per heavy atom. The van der Waals surface area contributed by atoms with Crippen molar-refractivity contribution < 1.29 is 0 Å². The number of benzene rings is 5. The maximum absolute atomic E-state index is 5.31. The first-order valence-corrected chi connectivity index (χ1v) is 17.9. The molecule has 198 valence electrons. The van der Waals surface area contributed by atoms with Crippen molar-refractivity contribution in [2.24, 2.45) is 0 Å². The number of nitrogens with zero attached hydrogens (tertiary/aromatic N) is 4. The Bertz CT molecular complexity index is 2510. The summed E-state index contributed by atoms with van der Waals surface area (Å²) < 4.78 is 4.87. The van der Waals surface area contributed by atoms with E-state index in [4.69, 9.17) is 4.98 Å². The SMILES string of the molecule is [Se]=P(c1ccncc1)(c1ccc2c(c1)nc1c3ccccc3c3ccccc3n21)n1c2ccccc2c2ccccc21. The van der Waals surface area contributed by atoms with Gasteiger partial charge < -0.3 is 0 Å². The number of pyridine rings is 2. The van der Waals surface area contributed by atoms with Gasteiger partial charge in [-0.25, -0.2) is 0 Å². The van der Waals surface area contributed by atoms with Gasteiger partial charge in [-0.2, -0.15) is 0 Å². The zero-order valence-electron chi connectivity index (χ0n) is 22.4. The molecule has 4 nitrogen and oxygen atoms in total. The Morgan fingerprint density at radius 3 is 1.71 bits per heavy atom. The molecular formula is C36H23N4PSe. The summed E-state index contributed by atoms with van der Waals surface area (Å²) in [6, 6.07) is 45.9. The molecule has 4 heterocycles. The van der Waals surface area contributed by atoms with Crippen LogP contribution in [-0.4, -0.2) is 33.8 Å². The molecule has 0 N–H and O–H groups in total. The van der Waals surface area contributed by atoms with Crippen LogP contribution in [0.2, 0.25) is 0 Å². The average molecular weight is 622 g/mol. The van der Waals surface area contributed by atoms with E-state index in [0.717, 1.165) is 22.1 Å². The van der Waals surface area contributed by atoms with Gasteiger partial charge in [0.05, 0.1) is 0 Å². The molecule has 1 unspecified atom stereocenters. The van der Waals surface area contributed by atoms with Crippen molar-refractivity contribution in [2.75, 3.05) is 0 Å². The van der Waals surface area contributed by atoms with Crippen LogP contribution in [0.25, 0.3) is 60.2 Å². The van der Waals surface area contributed by atoms with Gasteiger partial charge in [0.2, 0.25) is 0 Å². The van der Waals surface area contributed by atoms with Crippen LogP contribution >= 0.6 is 5.66 Å². The number of fused-ring (bicyclic) bond motifs is 11. The molecule has 0 aliphatic carbocycles. The van der Waals surface area contributed by atoms with E-state index in [9.17, 15) is 0 Å². The summed E-state index contributed by atoms with van der Waals surface area (Å²) in [6.45, 7) is 0. The molecule has 5 aromatic carbocycles. The third kappa shape index (κ3) is 3.22. The normalized spacial score (nSPS) is 13.5. The van der Waals surface area contributed by atoms with Crippen LogP contribution in [0.4, 0.5) is 0 Å². The van der Waals surface area contributed by atoms with E-state index >= 15 is 0 Å². The van der Waals surface area contributed by atoms with Gasteiger partial charge >= 0.3 is 250 Å². The van der Waals surface area contributed by atoms with Crippen LogP contribution < -0.4 is 10.6 Å². The molecule has 0 bridgehead atoms. The molecule has 0 radical (unpaired) electrons.